The first-order valence-corrected chi connectivity index (χ1v) is 5.03. The Morgan fingerprint density at radius 2 is 1.85 bits per heavy atom. The van der Waals surface area contributed by atoms with E-state index in [4.69, 9.17) is 46.4 Å². The zero-order valence-electron chi connectivity index (χ0n) is 6.33. The highest BCUT2D eigenvalue weighted by Gasteiger charge is 2.25. The van der Waals surface area contributed by atoms with Gasteiger partial charge in [0.25, 0.3) is 0 Å². The van der Waals surface area contributed by atoms with E-state index in [-0.39, 0.29) is 5.88 Å². The van der Waals surface area contributed by atoms with Crippen molar-refractivity contribution in [2.45, 2.75) is 9.67 Å². The Bertz CT molecular complexity index is 306. The largest absolute Gasteiger partial charge is 0.216 e. The van der Waals surface area contributed by atoms with Gasteiger partial charge in [-0.25, -0.2) is 4.39 Å². The number of hydrogen-bond donors (Lipinski definition) is 0. The van der Waals surface area contributed by atoms with Gasteiger partial charge in [-0.2, -0.15) is 0 Å². The van der Waals surface area contributed by atoms with Crippen LogP contribution in [-0.2, 0) is 9.67 Å². The molecule has 0 heterocycles. The molecule has 0 nitrogen and oxygen atoms in total. The summed E-state index contributed by atoms with van der Waals surface area (Å²) in [5.74, 6) is -0.283. The molecule has 1 aromatic carbocycles. The predicted octanol–water partition coefficient (Wildman–Crippen LogP) is 4.39. The molecule has 1 aromatic rings. The van der Waals surface area contributed by atoms with Crippen LogP contribution in [0.3, 0.4) is 0 Å². The van der Waals surface area contributed by atoms with Gasteiger partial charge in [0.15, 0.2) is 0 Å². The Labute approximate surface area is 95.5 Å². The first-order valence-electron chi connectivity index (χ1n) is 3.36. The van der Waals surface area contributed by atoms with Gasteiger partial charge in [-0.1, -0.05) is 40.9 Å². The molecule has 0 aliphatic rings. The third-order valence-electron chi connectivity index (χ3n) is 1.52. The molecule has 0 aliphatic carbocycles. The molecule has 0 saturated carbocycles. The summed E-state index contributed by atoms with van der Waals surface area (Å²) < 4.78 is 11.2. The van der Waals surface area contributed by atoms with Gasteiger partial charge in [0.2, 0.25) is 3.79 Å². The van der Waals surface area contributed by atoms with Crippen LogP contribution in [0.15, 0.2) is 18.2 Å². The number of halogens is 5. The fraction of sp³-hybridized carbons (Fsp3) is 0.250. The number of alkyl halides is 4. The van der Waals surface area contributed by atoms with Crippen molar-refractivity contribution in [3.63, 3.8) is 0 Å². The lowest BCUT2D eigenvalue weighted by Gasteiger charge is -2.14. The van der Waals surface area contributed by atoms with Crippen LogP contribution in [0, 0.1) is 5.82 Å². The van der Waals surface area contributed by atoms with Crippen molar-refractivity contribution >= 4 is 46.4 Å². The van der Waals surface area contributed by atoms with Crippen molar-refractivity contribution in [2.24, 2.45) is 0 Å². The monoisotopic (exact) mass is 260 g/mol. The third kappa shape index (κ3) is 2.88. The predicted molar refractivity (Wildman–Crippen MR) is 55.2 cm³/mol. The summed E-state index contributed by atoms with van der Waals surface area (Å²) in [7, 11) is 0. The molecule has 72 valence electrons. The summed E-state index contributed by atoms with van der Waals surface area (Å²) in [5, 5.41) is 0. The van der Waals surface area contributed by atoms with Crippen molar-refractivity contribution < 1.29 is 4.39 Å². The fourth-order valence-corrected chi connectivity index (χ4v) is 1.72. The molecule has 1 rings (SSSR count). The van der Waals surface area contributed by atoms with Crippen molar-refractivity contribution in [3.05, 3.63) is 35.1 Å². The number of benzene rings is 1. The highest BCUT2D eigenvalue weighted by atomic mass is 35.6. The van der Waals surface area contributed by atoms with Crippen LogP contribution >= 0.6 is 46.4 Å². The zero-order chi connectivity index (χ0) is 10.1. The summed E-state index contributed by atoms with van der Waals surface area (Å²) in [6.07, 6.45) is 0. The van der Waals surface area contributed by atoms with Crippen molar-refractivity contribution in [1.82, 2.24) is 0 Å². The second kappa shape index (κ2) is 4.22. The van der Waals surface area contributed by atoms with Gasteiger partial charge < -0.3 is 0 Å². The smallest absolute Gasteiger partial charge is 0.207 e. The molecule has 0 bridgehead atoms. The van der Waals surface area contributed by atoms with E-state index >= 15 is 0 Å². The van der Waals surface area contributed by atoms with E-state index in [1.807, 2.05) is 0 Å². The molecular weight excluding hydrogens is 257 g/mol. The highest BCUT2D eigenvalue weighted by molar-refractivity contribution is 6.66. The fourth-order valence-electron chi connectivity index (χ4n) is 0.949. The van der Waals surface area contributed by atoms with Gasteiger partial charge in [0, 0.05) is 11.4 Å². The van der Waals surface area contributed by atoms with Gasteiger partial charge in [0.05, 0.1) is 0 Å². The van der Waals surface area contributed by atoms with Crippen LogP contribution in [0.4, 0.5) is 4.39 Å². The lowest BCUT2D eigenvalue weighted by Crippen LogP contribution is -2.04. The van der Waals surface area contributed by atoms with Gasteiger partial charge in [-0.3, -0.25) is 0 Å². The maximum Gasteiger partial charge on any atom is 0.216 e. The second-order valence-corrected chi connectivity index (χ2v) is 4.98. The molecule has 0 amide bonds. The van der Waals surface area contributed by atoms with Gasteiger partial charge in [0.1, 0.15) is 5.82 Å². The van der Waals surface area contributed by atoms with Gasteiger partial charge >= 0.3 is 0 Å². The lowest BCUT2D eigenvalue weighted by molar-refractivity contribution is 0.625. The Morgan fingerprint density at radius 3 is 2.31 bits per heavy atom. The molecule has 0 spiro atoms. The molecule has 0 unspecified atom stereocenters. The summed E-state index contributed by atoms with van der Waals surface area (Å²) in [5.41, 5.74) is 0.899. The average molecular weight is 262 g/mol. The van der Waals surface area contributed by atoms with Crippen LogP contribution < -0.4 is 0 Å². The lowest BCUT2D eigenvalue weighted by atomic mass is 10.1. The van der Waals surface area contributed by atoms with Crippen molar-refractivity contribution in [3.8, 4) is 0 Å². The maximum absolute atomic E-state index is 12.7. The maximum atomic E-state index is 12.7. The molecule has 0 fully saturated rings. The second-order valence-electron chi connectivity index (χ2n) is 2.43. The van der Waals surface area contributed by atoms with E-state index in [1.54, 1.807) is 0 Å². The Morgan fingerprint density at radius 1 is 1.23 bits per heavy atom. The quantitative estimate of drug-likeness (QED) is 0.658. The standard InChI is InChI=1S/C8H5Cl4F/c9-4-5-3-6(13)1-2-7(5)8(10,11)12/h1-3H,4H2. The minimum atomic E-state index is -1.56. The van der Waals surface area contributed by atoms with Crippen LogP contribution in [0.2, 0.25) is 0 Å². The van der Waals surface area contributed by atoms with E-state index in [9.17, 15) is 4.39 Å². The minimum absolute atomic E-state index is 0.112. The molecular formula is C8H5Cl4F. The van der Waals surface area contributed by atoms with E-state index in [0.29, 0.717) is 11.1 Å². The van der Waals surface area contributed by atoms with E-state index in [2.05, 4.69) is 0 Å². The Balaban J connectivity index is 3.22. The highest BCUT2D eigenvalue weighted by Crippen LogP contribution is 2.40. The average Bonchev–Trinajstić information content (AvgIpc) is 2.01. The van der Waals surface area contributed by atoms with Gasteiger partial charge in [-0.05, 0) is 17.7 Å². The summed E-state index contributed by atoms with van der Waals surface area (Å²) in [4.78, 5) is 0. The molecule has 0 aromatic heterocycles. The normalized spacial score (nSPS) is 11.8. The molecule has 13 heavy (non-hydrogen) atoms. The zero-order valence-corrected chi connectivity index (χ0v) is 9.35. The SMILES string of the molecule is Fc1ccc(C(Cl)(Cl)Cl)c(CCl)c1. The van der Waals surface area contributed by atoms with E-state index in [1.165, 1.54) is 18.2 Å². The van der Waals surface area contributed by atoms with Crippen molar-refractivity contribution in [1.29, 1.82) is 0 Å². The molecule has 0 N–H and O–H groups in total. The molecule has 0 atom stereocenters. The molecule has 0 saturated heterocycles. The van der Waals surface area contributed by atoms with Crippen molar-refractivity contribution in [2.75, 3.05) is 0 Å². The van der Waals surface area contributed by atoms with Crippen LogP contribution in [0.25, 0.3) is 0 Å². The molecule has 0 radical (unpaired) electrons. The molecule has 0 aliphatic heterocycles. The topological polar surface area (TPSA) is 0 Å². The van der Waals surface area contributed by atoms with E-state index < -0.39 is 9.61 Å². The van der Waals surface area contributed by atoms with Crippen LogP contribution in [0.5, 0.6) is 0 Å². The van der Waals surface area contributed by atoms with Crippen LogP contribution in [-0.4, -0.2) is 0 Å². The Hall–Kier alpha value is 0.310. The number of rotatable bonds is 1. The minimum Gasteiger partial charge on any atom is -0.207 e. The number of hydrogen-bond acceptors (Lipinski definition) is 0. The van der Waals surface area contributed by atoms with Crippen LogP contribution in [0.1, 0.15) is 11.1 Å². The van der Waals surface area contributed by atoms with Gasteiger partial charge in [-0.15, -0.1) is 11.6 Å². The first kappa shape index (κ1) is 11.4. The first-order chi connectivity index (χ1) is 5.95. The summed E-state index contributed by atoms with van der Waals surface area (Å²) in [6, 6.07) is 3.90. The molecule has 5 heteroatoms. The third-order valence-corrected chi connectivity index (χ3v) is 2.42. The summed E-state index contributed by atoms with van der Waals surface area (Å²) in [6.45, 7) is 0. The van der Waals surface area contributed by atoms with E-state index in [0.717, 1.165) is 0 Å². The Kier molecular flexibility index (Phi) is 3.70. The summed E-state index contributed by atoms with van der Waals surface area (Å²) >= 11 is 22.5.